The highest BCUT2D eigenvalue weighted by Crippen LogP contribution is 2.31. The molecule has 0 spiro atoms. The number of piperidine rings is 1. The first-order valence-electron chi connectivity index (χ1n) is 10.5. The Balaban J connectivity index is 1.46. The standard InChI is InChI=1S/C21H26N6O3S2/c1-4-32(29,30)26-10-7-16(8-11-26)21-24-18(13-31-21)20(28)23-17-6-5-9-22-19(17)27-15(3)12-14(2)25-27/h5-6,9,12-13,16H,4,7-8,10-11H2,1-3H3,(H,23,28). The molecule has 1 amide bonds. The van der Waals surface area contributed by atoms with Crippen LogP contribution in [0.15, 0.2) is 29.8 Å². The van der Waals surface area contributed by atoms with E-state index < -0.39 is 10.0 Å². The molecule has 1 N–H and O–H groups in total. The number of hydrogen-bond acceptors (Lipinski definition) is 7. The Labute approximate surface area is 191 Å². The molecule has 32 heavy (non-hydrogen) atoms. The zero-order valence-electron chi connectivity index (χ0n) is 18.3. The van der Waals surface area contributed by atoms with Crippen molar-refractivity contribution in [3.05, 3.63) is 51.9 Å². The second-order valence-electron chi connectivity index (χ2n) is 7.81. The molecule has 0 unspecified atom stereocenters. The largest absolute Gasteiger partial charge is 0.317 e. The van der Waals surface area contributed by atoms with Gasteiger partial charge in [-0.2, -0.15) is 5.10 Å². The summed E-state index contributed by atoms with van der Waals surface area (Å²) in [5.74, 6) is 0.516. The van der Waals surface area contributed by atoms with E-state index in [4.69, 9.17) is 0 Å². The van der Waals surface area contributed by atoms with Gasteiger partial charge in [0.25, 0.3) is 5.91 Å². The molecule has 9 nitrogen and oxygen atoms in total. The summed E-state index contributed by atoms with van der Waals surface area (Å²) in [5, 5.41) is 9.98. The van der Waals surface area contributed by atoms with Crippen molar-refractivity contribution in [2.45, 2.75) is 39.5 Å². The minimum Gasteiger partial charge on any atom is -0.317 e. The van der Waals surface area contributed by atoms with Crippen LogP contribution in [0.4, 0.5) is 5.69 Å². The summed E-state index contributed by atoms with van der Waals surface area (Å²) in [6.45, 7) is 6.48. The topological polar surface area (TPSA) is 110 Å². The predicted molar refractivity (Wildman–Crippen MR) is 124 cm³/mol. The average molecular weight is 475 g/mol. The predicted octanol–water partition coefficient (Wildman–Crippen LogP) is 3.12. The van der Waals surface area contributed by atoms with Crippen molar-refractivity contribution >= 4 is 33.0 Å². The Morgan fingerprint density at radius 2 is 2.03 bits per heavy atom. The maximum Gasteiger partial charge on any atom is 0.275 e. The fourth-order valence-electron chi connectivity index (χ4n) is 3.84. The van der Waals surface area contributed by atoms with E-state index in [0.717, 1.165) is 16.4 Å². The molecule has 3 aromatic heterocycles. The summed E-state index contributed by atoms with van der Waals surface area (Å²) in [6.07, 6.45) is 3.07. The first-order valence-corrected chi connectivity index (χ1v) is 13.0. The molecule has 0 aliphatic carbocycles. The molecular weight excluding hydrogens is 448 g/mol. The normalized spacial score (nSPS) is 15.7. The third-order valence-corrected chi connectivity index (χ3v) is 8.45. The molecule has 3 aromatic rings. The lowest BCUT2D eigenvalue weighted by Gasteiger charge is -2.29. The summed E-state index contributed by atoms with van der Waals surface area (Å²) in [4.78, 5) is 21.8. The molecule has 0 radical (unpaired) electrons. The molecule has 4 rings (SSSR count). The highest BCUT2D eigenvalue weighted by Gasteiger charge is 2.29. The van der Waals surface area contributed by atoms with Crippen molar-refractivity contribution in [2.24, 2.45) is 0 Å². The Morgan fingerprint density at radius 1 is 1.28 bits per heavy atom. The monoisotopic (exact) mass is 474 g/mol. The van der Waals surface area contributed by atoms with Gasteiger partial charge in [0.2, 0.25) is 10.0 Å². The van der Waals surface area contributed by atoms with Gasteiger partial charge in [-0.05, 0) is 51.8 Å². The van der Waals surface area contributed by atoms with E-state index in [2.05, 4.69) is 20.4 Å². The quantitative estimate of drug-likeness (QED) is 0.588. The molecule has 1 aliphatic heterocycles. The van der Waals surface area contributed by atoms with Crippen molar-refractivity contribution in [3.8, 4) is 5.82 Å². The number of thiazole rings is 1. The second-order valence-corrected chi connectivity index (χ2v) is 11.0. The van der Waals surface area contributed by atoms with Crippen LogP contribution in [0.1, 0.15) is 52.6 Å². The van der Waals surface area contributed by atoms with Gasteiger partial charge >= 0.3 is 0 Å². The molecule has 170 valence electrons. The number of sulfonamides is 1. The Morgan fingerprint density at radius 3 is 2.69 bits per heavy atom. The van der Waals surface area contributed by atoms with Gasteiger partial charge in [-0.25, -0.2) is 27.4 Å². The van der Waals surface area contributed by atoms with E-state index in [1.165, 1.54) is 11.3 Å². The molecular formula is C21H26N6O3S2. The van der Waals surface area contributed by atoms with E-state index in [-0.39, 0.29) is 17.6 Å². The lowest BCUT2D eigenvalue weighted by molar-refractivity contribution is 0.102. The van der Waals surface area contributed by atoms with Gasteiger partial charge in [0, 0.05) is 36.3 Å². The maximum absolute atomic E-state index is 12.9. The van der Waals surface area contributed by atoms with Crippen LogP contribution in [-0.2, 0) is 10.0 Å². The number of nitrogens with one attached hydrogen (secondary N) is 1. The van der Waals surface area contributed by atoms with E-state index >= 15 is 0 Å². The Hall–Kier alpha value is -2.63. The van der Waals surface area contributed by atoms with Crippen LogP contribution in [0.25, 0.3) is 5.82 Å². The third-order valence-electron chi connectivity index (χ3n) is 5.56. The van der Waals surface area contributed by atoms with E-state index in [1.807, 2.05) is 19.9 Å². The number of pyridine rings is 1. The van der Waals surface area contributed by atoms with Gasteiger partial charge in [0.15, 0.2) is 5.82 Å². The van der Waals surface area contributed by atoms with Crippen LogP contribution in [0.3, 0.4) is 0 Å². The summed E-state index contributed by atoms with van der Waals surface area (Å²) >= 11 is 1.44. The minimum atomic E-state index is -3.16. The van der Waals surface area contributed by atoms with Crippen LogP contribution in [-0.4, -0.2) is 57.2 Å². The summed E-state index contributed by atoms with van der Waals surface area (Å²) in [5.41, 5.74) is 2.68. The van der Waals surface area contributed by atoms with Gasteiger partial charge in [0.1, 0.15) is 5.69 Å². The van der Waals surface area contributed by atoms with Crippen LogP contribution in [0, 0.1) is 13.8 Å². The number of carbonyl (C=O) groups is 1. The van der Waals surface area contributed by atoms with Crippen LogP contribution < -0.4 is 5.32 Å². The van der Waals surface area contributed by atoms with Crippen LogP contribution in [0.5, 0.6) is 0 Å². The van der Waals surface area contributed by atoms with Crippen molar-refractivity contribution < 1.29 is 13.2 Å². The van der Waals surface area contributed by atoms with Gasteiger partial charge < -0.3 is 5.32 Å². The molecule has 1 fully saturated rings. The number of carbonyl (C=O) groups excluding carboxylic acids is 1. The molecule has 0 atom stereocenters. The highest BCUT2D eigenvalue weighted by atomic mass is 32.2. The van der Waals surface area contributed by atoms with Crippen molar-refractivity contribution in [1.82, 2.24) is 24.1 Å². The highest BCUT2D eigenvalue weighted by molar-refractivity contribution is 7.89. The van der Waals surface area contributed by atoms with E-state index in [9.17, 15) is 13.2 Å². The lowest BCUT2D eigenvalue weighted by Crippen LogP contribution is -2.38. The minimum absolute atomic E-state index is 0.118. The first-order chi connectivity index (χ1) is 15.3. The van der Waals surface area contributed by atoms with Crippen molar-refractivity contribution in [2.75, 3.05) is 24.2 Å². The number of nitrogens with zero attached hydrogens (tertiary/aromatic N) is 5. The van der Waals surface area contributed by atoms with Gasteiger partial charge in [-0.3, -0.25) is 4.79 Å². The first kappa shape index (κ1) is 22.6. The SMILES string of the molecule is CCS(=O)(=O)N1CCC(c2nc(C(=O)Nc3cccnc3-n3nc(C)cc3C)cs2)CC1. The molecule has 0 aromatic carbocycles. The molecule has 1 saturated heterocycles. The number of hydrogen-bond donors (Lipinski definition) is 1. The molecule has 4 heterocycles. The second kappa shape index (κ2) is 9.08. The average Bonchev–Trinajstić information content (AvgIpc) is 3.41. The van der Waals surface area contributed by atoms with Crippen LogP contribution >= 0.6 is 11.3 Å². The number of aromatic nitrogens is 4. The fraction of sp³-hybridized carbons (Fsp3) is 0.429. The maximum atomic E-state index is 12.9. The number of anilines is 1. The van der Waals surface area contributed by atoms with E-state index in [1.54, 1.807) is 39.6 Å². The summed E-state index contributed by atoms with van der Waals surface area (Å²) in [7, 11) is -3.16. The molecule has 0 bridgehead atoms. The zero-order valence-corrected chi connectivity index (χ0v) is 19.9. The Bertz CT molecular complexity index is 1230. The number of aryl methyl sites for hydroxylation is 2. The van der Waals surface area contributed by atoms with E-state index in [0.29, 0.717) is 43.1 Å². The zero-order chi connectivity index (χ0) is 22.9. The number of rotatable bonds is 6. The molecule has 0 saturated carbocycles. The van der Waals surface area contributed by atoms with Gasteiger partial charge in [-0.1, -0.05) is 0 Å². The van der Waals surface area contributed by atoms with Crippen molar-refractivity contribution in [3.63, 3.8) is 0 Å². The summed E-state index contributed by atoms with van der Waals surface area (Å²) in [6, 6.07) is 5.49. The smallest absolute Gasteiger partial charge is 0.275 e. The molecule has 1 aliphatic rings. The molecule has 11 heteroatoms. The summed E-state index contributed by atoms with van der Waals surface area (Å²) < 4.78 is 27.4. The number of amides is 1. The van der Waals surface area contributed by atoms with Gasteiger partial charge in [-0.15, -0.1) is 11.3 Å². The van der Waals surface area contributed by atoms with Crippen LogP contribution in [0.2, 0.25) is 0 Å². The van der Waals surface area contributed by atoms with Crippen molar-refractivity contribution in [1.29, 1.82) is 0 Å². The van der Waals surface area contributed by atoms with Gasteiger partial charge in [0.05, 0.1) is 22.1 Å². The third kappa shape index (κ3) is 4.59. The Kier molecular flexibility index (Phi) is 6.40. The fourth-order valence-corrected chi connectivity index (χ4v) is 5.94. The lowest BCUT2D eigenvalue weighted by atomic mass is 9.99.